The lowest BCUT2D eigenvalue weighted by Gasteiger charge is -2.28. The van der Waals surface area contributed by atoms with Gasteiger partial charge in [-0.05, 0) is 48.4 Å². The molecule has 0 spiro atoms. The zero-order chi connectivity index (χ0) is 28.4. The van der Waals surface area contributed by atoms with Crippen molar-refractivity contribution >= 4 is 23.9 Å². The van der Waals surface area contributed by atoms with Crippen LogP contribution in [0.1, 0.15) is 36.0 Å². The molecule has 2 aromatic carbocycles. The summed E-state index contributed by atoms with van der Waals surface area (Å²) in [6.07, 6.45) is 4.83. The molecule has 1 aliphatic rings. The van der Waals surface area contributed by atoms with Gasteiger partial charge in [-0.2, -0.15) is 0 Å². The van der Waals surface area contributed by atoms with E-state index in [2.05, 4.69) is 25.7 Å². The molecule has 208 valence electrons. The van der Waals surface area contributed by atoms with Crippen molar-refractivity contribution in [3.05, 3.63) is 102 Å². The van der Waals surface area contributed by atoms with Gasteiger partial charge in [0.1, 0.15) is 6.04 Å². The molecule has 3 aromatic rings. The number of unbranched alkanes of at least 4 members (excludes halogenated alkanes) is 1. The summed E-state index contributed by atoms with van der Waals surface area (Å²) in [5, 5.41) is 17.2. The number of hydrogen-bond acceptors (Lipinski definition) is 6. The van der Waals surface area contributed by atoms with Crippen LogP contribution in [0.4, 0.5) is 4.79 Å². The van der Waals surface area contributed by atoms with E-state index in [0.29, 0.717) is 38.8 Å². The summed E-state index contributed by atoms with van der Waals surface area (Å²) < 4.78 is 4.68. The predicted octanol–water partition coefficient (Wildman–Crippen LogP) is 2.95. The molecule has 1 saturated heterocycles. The van der Waals surface area contributed by atoms with Gasteiger partial charge in [0.15, 0.2) is 11.5 Å². The summed E-state index contributed by atoms with van der Waals surface area (Å²) in [4.78, 5) is 44.0. The number of guanidine groups is 1. The van der Waals surface area contributed by atoms with Crippen molar-refractivity contribution in [2.45, 2.75) is 37.3 Å². The molecule has 1 atom stereocenters. The van der Waals surface area contributed by atoms with Gasteiger partial charge >= 0.3 is 6.09 Å². The fraction of sp³-hybridized carbons (Fsp3) is 0.300. The Hall–Kier alpha value is -4.73. The van der Waals surface area contributed by atoms with Crippen molar-refractivity contribution in [3.8, 4) is 0 Å². The summed E-state index contributed by atoms with van der Waals surface area (Å²) in [6.45, 7) is 0.684. The van der Waals surface area contributed by atoms with Crippen molar-refractivity contribution in [2.24, 2.45) is 0 Å². The first-order valence-corrected chi connectivity index (χ1v) is 13.3. The lowest BCUT2D eigenvalue weighted by atomic mass is 9.82. The van der Waals surface area contributed by atoms with E-state index in [1.54, 1.807) is 12.4 Å². The highest BCUT2D eigenvalue weighted by atomic mass is 16.5. The number of methoxy groups -OCH3 is 1. The van der Waals surface area contributed by atoms with Crippen LogP contribution < -0.4 is 16.0 Å². The Morgan fingerprint density at radius 3 is 2.30 bits per heavy atom. The van der Waals surface area contributed by atoms with Crippen LogP contribution in [0.3, 0.4) is 0 Å². The van der Waals surface area contributed by atoms with Crippen molar-refractivity contribution in [1.29, 1.82) is 5.41 Å². The fourth-order valence-electron chi connectivity index (χ4n) is 4.81. The number of amides is 3. The lowest BCUT2D eigenvalue weighted by Crippen LogP contribution is -2.47. The third-order valence-corrected chi connectivity index (χ3v) is 6.90. The molecule has 1 aliphatic heterocycles. The summed E-state index contributed by atoms with van der Waals surface area (Å²) in [6, 6.07) is 21.8. The Morgan fingerprint density at radius 2 is 1.70 bits per heavy atom. The second kappa shape index (κ2) is 13.4. The van der Waals surface area contributed by atoms with Gasteiger partial charge in [-0.25, -0.2) is 4.79 Å². The topological polar surface area (TPSA) is 137 Å². The number of benzene rings is 2. The molecule has 0 aliphatic carbocycles. The minimum Gasteiger partial charge on any atom is -0.453 e. The summed E-state index contributed by atoms with van der Waals surface area (Å²) in [7, 11) is 1.25. The summed E-state index contributed by atoms with van der Waals surface area (Å²) in [5.41, 5.74) is 1.32. The number of aryl methyl sites for hydroxylation is 1. The second-order valence-electron chi connectivity index (χ2n) is 9.50. The van der Waals surface area contributed by atoms with Crippen LogP contribution in [0.2, 0.25) is 0 Å². The highest BCUT2D eigenvalue weighted by Gasteiger charge is 2.51. The molecule has 10 heteroatoms. The third kappa shape index (κ3) is 6.45. The molecular formula is C30H34N6O4. The van der Waals surface area contributed by atoms with Gasteiger partial charge in [-0.15, -0.1) is 0 Å². The molecule has 40 heavy (non-hydrogen) atoms. The van der Waals surface area contributed by atoms with E-state index in [0.717, 1.165) is 16.7 Å². The number of carbonyl (C=O) groups is 3. The van der Waals surface area contributed by atoms with E-state index in [9.17, 15) is 14.4 Å². The molecule has 0 unspecified atom stereocenters. The molecule has 4 rings (SSSR count). The Balaban J connectivity index is 1.33. The molecule has 0 bridgehead atoms. The smallest absolute Gasteiger partial charge is 0.407 e. The van der Waals surface area contributed by atoms with Gasteiger partial charge in [0.25, 0.3) is 5.91 Å². The molecule has 4 N–H and O–H groups in total. The maximum atomic E-state index is 13.8. The second-order valence-corrected chi connectivity index (χ2v) is 9.50. The van der Waals surface area contributed by atoms with Crippen LogP contribution in [-0.2, 0) is 26.3 Å². The molecular weight excluding hydrogens is 508 g/mol. The zero-order valence-corrected chi connectivity index (χ0v) is 22.4. The number of ether oxygens (including phenoxy) is 1. The van der Waals surface area contributed by atoms with Crippen LogP contribution >= 0.6 is 0 Å². The highest BCUT2D eigenvalue weighted by molar-refractivity contribution is 6.10. The minimum absolute atomic E-state index is 0.0412. The summed E-state index contributed by atoms with van der Waals surface area (Å²) in [5.74, 6) is -0.482. The zero-order valence-electron chi connectivity index (χ0n) is 22.4. The number of aromatic nitrogens is 1. The van der Waals surface area contributed by atoms with Gasteiger partial charge in [-0.1, -0.05) is 66.7 Å². The Labute approximate surface area is 233 Å². The van der Waals surface area contributed by atoms with Gasteiger partial charge in [0.2, 0.25) is 5.91 Å². The number of nitrogens with zero attached hydrogens (tertiary/aromatic N) is 2. The van der Waals surface area contributed by atoms with Crippen molar-refractivity contribution in [2.75, 3.05) is 20.2 Å². The first-order chi connectivity index (χ1) is 19.5. The first kappa shape index (κ1) is 28.3. The molecule has 0 radical (unpaired) electrons. The average Bonchev–Trinajstić information content (AvgIpc) is 3.26. The number of rotatable bonds is 12. The maximum absolute atomic E-state index is 13.8. The Morgan fingerprint density at radius 1 is 1.02 bits per heavy atom. The lowest BCUT2D eigenvalue weighted by molar-refractivity contribution is -0.130. The minimum atomic E-state index is -1.17. The predicted molar refractivity (Wildman–Crippen MR) is 150 cm³/mol. The largest absolute Gasteiger partial charge is 0.453 e. The third-order valence-electron chi connectivity index (χ3n) is 6.90. The van der Waals surface area contributed by atoms with Crippen LogP contribution in [0.25, 0.3) is 0 Å². The Bertz CT molecular complexity index is 1260. The van der Waals surface area contributed by atoms with E-state index in [4.69, 9.17) is 5.41 Å². The standard InChI is InChI=1S/C30H34N6O4/c1-40-29(39)34-25(17-16-22-11-10-18-32-21-22)26(37)33-19-8-9-20-36-27(38)30(35-28(36)31,23-12-4-2-5-13-23)24-14-6-3-7-15-24/h2-7,10-15,18,21,25H,8-9,16-17,19-20H2,1H3,(H2,31,35)(H,33,37)(H,34,39)/t25-/m0/s1. The van der Waals surface area contributed by atoms with Crippen molar-refractivity contribution in [1.82, 2.24) is 25.8 Å². The van der Waals surface area contributed by atoms with E-state index in [1.807, 2.05) is 72.8 Å². The molecule has 1 aromatic heterocycles. The molecule has 3 amide bonds. The van der Waals surface area contributed by atoms with E-state index < -0.39 is 17.7 Å². The van der Waals surface area contributed by atoms with Crippen molar-refractivity contribution in [3.63, 3.8) is 0 Å². The van der Waals surface area contributed by atoms with Gasteiger partial charge in [-0.3, -0.25) is 24.9 Å². The maximum Gasteiger partial charge on any atom is 0.407 e. The molecule has 2 heterocycles. The molecule has 1 fully saturated rings. The van der Waals surface area contributed by atoms with E-state index in [1.165, 1.54) is 12.0 Å². The number of hydrogen-bond donors (Lipinski definition) is 4. The van der Waals surface area contributed by atoms with Gasteiger partial charge in [0, 0.05) is 25.5 Å². The van der Waals surface area contributed by atoms with Gasteiger partial charge in [0.05, 0.1) is 7.11 Å². The highest BCUT2D eigenvalue weighted by Crippen LogP contribution is 2.35. The average molecular weight is 543 g/mol. The SMILES string of the molecule is COC(=O)N[C@@H](CCc1cccnc1)C(=O)NCCCCN1C(=N)NC(c2ccccc2)(c2ccccc2)C1=O. The van der Waals surface area contributed by atoms with E-state index >= 15 is 0 Å². The Kier molecular flexibility index (Phi) is 9.45. The monoisotopic (exact) mass is 542 g/mol. The number of nitrogens with one attached hydrogen (secondary N) is 4. The normalized spacial score (nSPS) is 14.8. The van der Waals surface area contributed by atoms with E-state index in [-0.39, 0.29) is 17.8 Å². The van der Waals surface area contributed by atoms with Gasteiger partial charge < -0.3 is 20.7 Å². The number of pyridine rings is 1. The van der Waals surface area contributed by atoms with Crippen LogP contribution in [0.5, 0.6) is 0 Å². The first-order valence-electron chi connectivity index (χ1n) is 13.3. The number of alkyl carbamates (subject to hydrolysis) is 1. The van der Waals surface area contributed by atoms with Crippen LogP contribution in [-0.4, -0.2) is 60.0 Å². The molecule has 10 nitrogen and oxygen atoms in total. The number of carbonyl (C=O) groups excluding carboxylic acids is 3. The van der Waals surface area contributed by atoms with Crippen molar-refractivity contribution < 1.29 is 19.1 Å². The fourth-order valence-corrected chi connectivity index (χ4v) is 4.81. The molecule has 0 saturated carbocycles. The summed E-state index contributed by atoms with van der Waals surface area (Å²) >= 11 is 0. The van der Waals surface area contributed by atoms with Crippen LogP contribution in [0.15, 0.2) is 85.2 Å². The quantitative estimate of drug-likeness (QED) is 0.260. The van der Waals surface area contributed by atoms with Crippen LogP contribution in [0, 0.1) is 5.41 Å².